The van der Waals surface area contributed by atoms with Crippen molar-refractivity contribution in [2.45, 2.75) is 6.42 Å². The topological polar surface area (TPSA) is 73.6 Å². The lowest BCUT2D eigenvalue weighted by Gasteiger charge is -2.08. The molecule has 0 bridgehead atoms. The Kier molecular flexibility index (Phi) is 5.07. The van der Waals surface area contributed by atoms with Crippen LogP contribution in [-0.4, -0.2) is 19.6 Å². The van der Waals surface area contributed by atoms with Crippen molar-refractivity contribution in [1.29, 1.82) is 0 Å². The largest absolute Gasteiger partial charge is 0.497 e. The van der Waals surface area contributed by atoms with Gasteiger partial charge in [-0.15, -0.1) is 0 Å². The predicted octanol–water partition coefficient (Wildman–Crippen LogP) is 1.22. The highest BCUT2D eigenvalue weighted by Gasteiger charge is 2.04. The number of carbonyl (C=O) groups excluding carboxylic acids is 1. The normalized spacial score (nSPS) is 9.69. The van der Waals surface area contributed by atoms with Gasteiger partial charge >= 0.3 is 0 Å². The predicted molar refractivity (Wildman–Crippen MR) is 63.1 cm³/mol. The van der Waals surface area contributed by atoms with Gasteiger partial charge in [0.25, 0.3) is 0 Å². The lowest BCUT2D eigenvalue weighted by Crippen LogP contribution is -2.31. The van der Waals surface area contributed by atoms with Crippen LogP contribution in [0.3, 0.4) is 0 Å². The third-order valence-electron chi connectivity index (χ3n) is 1.89. The van der Waals surface area contributed by atoms with E-state index in [1.807, 2.05) is 5.43 Å². The fraction of sp³-hybridized carbons (Fsp3) is 0.300. The van der Waals surface area contributed by atoms with E-state index in [1.54, 1.807) is 25.3 Å². The molecule has 1 aromatic carbocycles. The van der Waals surface area contributed by atoms with Gasteiger partial charge in [0.15, 0.2) is 0 Å². The summed E-state index contributed by atoms with van der Waals surface area (Å²) in [5.74, 6) is 6.07. The molecule has 0 aromatic heterocycles. The van der Waals surface area contributed by atoms with Crippen LogP contribution in [0.15, 0.2) is 22.7 Å². The van der Waals surface area contributed by atoms with Gasteiger partial charge in [0.05, 0.1) is 24.6 Å². The quantitative estimate of drug-likeness (QED) is 0.485. The van der Waals surface area contributed by atoms with Crippen LogP contribution in [0.25, 0.3) is 0 Å². The zero-order valence-corrected chi connectivity index (χ0v) is 10.4. The summed E-state index contributed by atoms with van der Waals surface area (Å²) in [6.45, 7) is 0.272. The van der Waals surface area contributed by atoms with Crippen molar-refractivity contribution >= 4 is 21.8 Å². The van der Waals surface area contributed by atoms with E-state index in [0.29, 0.717) is 5.75 Å². The van der Waals surface area contributed by atoms with Gasteiger partial charge < -0.3 is 9.47 Å². The third kappa shape index (κ3) is 3.71. The van der Waals surface area contributed by atoms with Crippen LogP contribution < -0.4 is 20.7 Å². The van der Waals surface area contributed by atoms with Crippen molar-refractivity contribution in [3.8, 4) is 11.5 Å². The van der Waals surface area contributed by atoms with Crippen molar-refractivity contribution in [1.82, 2.24) is 5.43 Å². The van der Waals surface area contributed by atoms with Crippen LogP contribution in [0, 0.1) is 0 Å². The van der Waals surface area contributed by atoms with Gasteiger partial charge in [0.1, 0.15) is 11.5 Å². The molecule has 0 aliphatic rings. The number of hydrazine groups is 1. The molecule has 0 saturated heterocycles. The van der Waals surface area contributed by atoms with Gasteiger partial charge in [0.2, 0.25) is 5.91 Å². The van der Waals surface area contributed by atoms with Crippen LogP contribution in [0.4, 0.5) is 0 Å². The van der Waals surface area contributed by atoms with E-state index in [4.69, 9.17) is 15.3 Å². The number of nitrogens with two attached hydrogens (primary N) is 1. The lowest BCUT2D eigenvalue weighted by molar-refractivity contribution is -0.121. The number of nitrogens with one attached hydrogen (secondary N) is 1. The van der Waals surface area contributed by atoms with Crippen molar-refractivity contribution in [2.75, 3.05) is 13.7 Å². The summed E-state index contributed by atoms with van der Waals surface area (Å²) < 4.78 is 11.2. The molecule has 0 spiro atoms. The van der Waals surface area contributed by atoms with Crippen molar-refractivity contribution in [2.24, 2.45) is 5.84 Å². The van der Waals surface area contributed by atoms with Crippen molar-refractivity contribution in [3.63, 3.8) is 0 Å². The molecule has 0 saturated carbocycles. The third-order valence-corrected chi connectivity index (χ3v) is 2.51. The fourth-order valence-electron chi connectivity index (χ4n) is 1.05. The lowest BCUT2D eigenvalue weighted by atomic mass is 10.3. The molecule has 0 aliphatic heterocycles. The second-order valence-electron chi connectivity index (χ2n) is 2.96. The van der Waals surface area contributed by atoms with E-state index in [0.717, 1.165) is 10.2 Å². The molecule has 0 heterocycles. The maximum Gasteiger partial charge on any atom is 0.237 e. The number of hydrogen-bond donors (Lipinski definition) is 2. The van der Waals surface area contributed by atoms with Gasteiger partial charge in [-0.2, -0.15) is 0 Å². The molecule has 0 atom stereocenters. The standard InChI is InChI=1S/C10H13BrN2O3/c1-15-7-2-3-9(8(11)6-7)16-5-4-10(14)13-12/h2-3,6H,4-5,12H2,1H3,(H,13,14). The summed E-state index contributed by atoms with van der Waals surface area (Å²) in [4.78, 5) is 10.8. The second kappa shape index (κ2) is 6.34. The van der Waals surface area contributed by atoms with Crippen LogP contribution in [0.1, 0.15) is 6.42 Å². The Labute approximate surface area is 102 Å². The summed E-state index contributed by atoms with van der Waals surface area (Å²) in [6.07, 6.45) is 0.217. The number of benzene rings is 1. The fourth-order valence-corrected chi connectivity index (χ4v) is 1.52. The molecule has 5 nitrogen and oxygen atoms in total. The van der Waals surface area contributed by atoms with Crippen LogP contribution in [0.2, 0.25) is 0 Å². The Hall–Kier alpha value is -1.27. The first-order valence-electron chi connectivity index (χ1n) is 4.63. The number of ether oxygens (including phenoxy) is 2. The minimum absolute atomic E-state index is 0.217. The van der Waals surface area contributed by atoms with E-state index in [-0.39, 0.29) is 18.9 Å². The molecule has 0 aliphatic carbocycles. The Morgan fingerprint density at radius 1 is 1.56 bits per heavy atom. The van der Waals surface area contributed by atoms with E-state index in [9.17, 15) is 4.79 Å². The molecule has 1 rings (SSSR count). The first-order chi connectivity index (χ1) is 7.67. The average molecular weight is 289 g/mol. The average Bonchev–Trinajstić information content (AvgIpc) is 2.30. The van der Waals surface area contributed by atoms with Gasteiger partial charge in [-0.25, -0.2) is 5.84 Å². The molecule has 16 heavy (non-hydrogen) atoms. The molecule has 1 amide bonds. The summed E-state index contributed by atoms with van der Waals surface area (Å²) >= 11 is 3.34. The number of rotatable bonds is 5. The van der Waals surface area contributed by atoms with Crippen LogP contribution in [-0.2, 0) is 4.79 Å². The van der Waals surface area contributed by atoms with Gasteiger partial charge in [0, 0.05) is 0 Å². The number of amides is 1. The number of methoxy groups -OCH3 is 1. The SMILES string of the molecule is COc1ccc(OCCC(=O)NN)c(Br)c1. The van der Waals surface area contributed by atoms with Crippen LogP contribution >= 0.6 is 15.9 Å². The van der Waals surface area contributed by atoms with Crippen molar-refractivity contribution in [3.05, 3.63) is 22.7 Å². The summed E-state index contributed by atoms with van der Waals surface area (Å²) in [5, 5.41) is 0. The Balaban J connectivity index is 2.51. The minimum atomic E-state index is -0.260. The first-order valence-corrected chi connectivity index (χ1v) is 5.42. The molecular formula is C10H13BrN2O3. The smallest absolute Gasteiger partial charge is 0.237 e. The number of halogens is 1. The van der Waals surface area contributed by atoms with E-state index in [2.05, 4.69) is 15.9 Å². The molecule has 0 unspecified atom stereocenters. The zero-order valence-electron chi connectivity index (χ0n) is 8.83. The highest BCUT2D eigenvalue weighted by molar-refractivity contribution is 9.10. The maximum atomic E-state index is 10.8. The molecular weight excluding hydrogens is 276 g/mol. The van der Waals surface area contributed by atoms with Gasteiger partial charge in [-0.1, -0.05) is 0 Å². The maximum absolute atomic E-state index is 10.8. The highest BCUT2D eigenvalue weighted by Crippen LogP contribution is 2.29. The molecule has 0 fully saturated rings. The number of hydrogen-bond acceptors (Lipinski definition) is 4. The van der Waals surface area contributed by atoms with Gasteiger partial charge in [-0.3, -0.25) is 10.2 Å². The molecule has 6 heteroatoms. The summed E-state index contributed by atoms with van der Waals surface area (Å²) in [5.41, 5.74) is 2.03. The Morgan fingerprint density at radius 3 is 2.88 bits per heavy atom. The zero-order chi connectivity index (χ0) is 12.0. The van der Waals surface area contributed by atoms with Crippen molar-refractivity contribution < 1.29 is 14.3 Å². The minimum Gasteiger partial charge on any atom is -0.497 e. The monoisotopic (exact) mass is 288 g/mol. The summed E-state index contributed by atoms with van der Waals surface area (Å²) in [6, 6.07) is 5.34. The first kappa shape index (κ1) is 12.8. The second-order valence-corrected chi connectivity index (χ2v) is 3.82. The van der Waals surface area contributed by atoms with Gasteiger partial charge in [-0.05, 0) is 34.1 Å². The van der Waals surface area contributed by atoms with Crippen LogP contribution in [0.5, 0.6) is 11.5 Å². The van der Waals surface area contributed by atoms with E-state index < -0.39 is 0 Å². The summed E-state index contributed by atoms with van der Waals surface area (Å²) in [7, 11) is 1.59. The molecule has 0 radical (unpaired) electrons. The molecule has 1 aromatic rings. The van der Waals surface area contributed by atoms with E-state index >= 15 is 0 Å². The highest BCUT2D eigenvalue weighted by atomic mass is 79.9. The molecule has 3 N–H and O–H groups in total. The number of carbonyl (C=O) groups is 1. The Morgan fingerprint density at radius 2 is 2.31 bits per heavy atom. The molecule has 88 valence electrons. The Bertz CT molecular complexity index is 371. The van der Waals surface area contributed by atoms with E-state index in [1.165, 1.54) is 0 Å².